The van der Waals surface area contributed by atoms with Crippen LogP contribution in [-0.4, -0.2) is 34.1 Å². The number of hydrogen-bond donors (Lipinski definition) is 0. The lowest BCUT2D eigenvalue weighted by molar-refractivity contribution is 0.297. The van der Waals surface area contributed by atoms with Gasteiger partial charge in [0.2, 0.25) is 5.88 Å². The summed E-state index contributed by atoms with van der Waals surface area (Å²) in [6.07, 6.45) is 3.48. The Bertz CT molecular complexity index is 641. The van der Waals surface area contributed by atoms with Gasteiger partial charge in [-0.15, -0.1) is 6.58 Å². The van der Waals surface area contributed by atoms with Crippen molar-refractivity contribution in [3.8, 4) is 5.88 Å². The number of rotatable bonds is 2. The van der Waals surface area contributed by atoms with Crippen molar-refractivity contribution in [3.63, 3.8) is 0 Å². The number of likely N-dealkylation sites (N-methyl/N-ethyl adjacent to an activating group) is 1. The third-order valence-electron chi connectivity index (χ3n) is 3.37. The fourth-order valence-electron chi connectivity index (χ4n) is 2.46. The van der Waals surface area contributed by atoms with E-state index in [0.29, 0.717) is 12.5 Å². The van der Waals surface area contributed by atoms with Crippen molar-refractivity contribution in [1.82, 2.24) is 15.0 Å². The van der Waals surface area contributed by atoms with Crippen LogP contribution in [-0.2, 0) is 0 Å². The Morgan fingerprint density at radius 3 is 3.11 bits per heavy atom. The van der Waals surface area contributed by atoms with E-state index in [2.05, 4.69) is 33.4 Å². The summed E-state index contributed by atoms with van der Waals surface area (Å²) >= 11 is 0. The third kappa shape index (κ3) is 1.82. The summed E-state index contributed by atoms with van der Waals surface area (Å²) in [4.78, 5) is 15.4. The maximum absolute atomic E-state index is 5.83. The van der Waals surface area contributed by atoms with Crippen molar-refractivity contribution in [2.45, 2.75) is 19.9 Å². The van der Waals surface area contributed by atoms with Crippen molar-refractivity contribution in [3.05, 3.63) is 30.7 Å². The van der Waals surface area contributed by atoms with E-state index in [1.54, 1.807) is 6.33 Å². The van der Waals surface area contributed by atoms with Crippen LogP contribution in [0, 0.1) is 6.92 Å². The second-order valence-electron chi connectivity index (χ2n) is 4.56. The number of anilines is 1. The highest BCUT2D eigenvalue weighted by molar-refractivity contribution is 5.94. The molecule has 3 heterocycles. The number of aryl methyl sites for hydroxylation is 1. The quantitative estimate of drug-likeness (QED) is 0.770. The fourth-order valence-corrected chi connectivity index (χ4v) is 2.46. The Kier molecular flexibility index (Phi) is 2.81. The number of nitrogens with zero attached hydrogens (tertiary/aromatic N) is 4. The molecule has 19 heavy (non-hydrogen) atoms. The van der Waals surface area contributed by atoms with Gasteiger partial charge in [-0.25, -0.2) is 15.0 Å². The van der Waals surface area contributed by atoms with Gasteiger partial charge in [-0.1, -0.05) is 6.08 Å². The van der Waals surface area contributed by atoms with Crippen LogP contribution in [0.25, 0.3) is 10.9 Å². The lowest BCUT2D eigenvalue weighted by Gasteiger charge is -2.27. The Morgan fingerprint density at radius 1 is 1.53 bits per heavy atom. The van der Waals surface area contributed by atoms with Gasteiger partial charge in [-0.05, 0) is 19.9 Å². The van der Waals surface area contributed by atoms with Crippen molar-refractivity contribution in [1.29, 1.82) is 0 Å². The molecule has 5 heteroatoms. The molecule has 2 aromatic rings. The van der Waals surface area contributed by atoms with Crippen LogP contribution >= 0.6 is 0 Å². The van der Waals surface area contributed by atoms with Gasteiger partial charge >= 0.3 is 0 Å². The van der Waals surface area contributed by atoms with Crippen molar-refractivity contribution < 1.29 is 4.74 Å². The molecule has 98 valence electrons. The van der Waals surface area contributed by atoms with Crippen LogP contribution in [0.3, 0.4) is 0 Å². The molecule has 0 fully saturated rings. The highest BCUT2D eigenvalue weighted by Gasteiger charge is 2.25. The summed E-state index contributed by atoms with van der Waals surface area (Å²) in [6.45, 7) is 9.28. The van der Waals surface area contributed by atoms with Gasteiger partial charge in [0.15, 0.2) is 0 Å². The largest absolute Gasteiger partial charge is 0.475 e. The first-order valence-corrected chi connectivity index (χ1v) is 6.39. The van der Waals surface area contributed by atoms with Gasteiger partial charge in [0.1, 0.15) is 24.1 Å². The van der Waals surface area contributed by atoms with E-state index in [9.17, 15) is 0 Å². The average Bonchev–Trinajstić information content (AvgIpc) is 2.56. The molecule has 1 aliphatic rings. The molecule has 0 N–H and O–H groups in total. The van der Waals surface area contributed by atoms with Crippen LogP contribution in [0.15, 0.2) is 25.0 Å². The first-order valence-electron chi connectivity index (χ1n) is 6.39. The molecular formula is C14H16N4O. The van der Waals surface area contributed by atoms with Crippen molar-refractivity contribution in [2.24, 2.45) is 0 Å². The maximum atomic E-state index is 5.83. The van der Waals surface area contributed by atoms with Gasteiger partial charge in [-0.2, -0.15) is 0 Å². The summed E-state index contributed by atoms with van der Waals surface area (Å²) in [6, 6.07) is 2.05. The zero-order valence-electron chi connectivity index (χ0n) is 11.1. The lowest BCUT2D eigenvalue weighted by atomic mass is 10.2. The molecule has 0 aliphatic carbocycles. The number of aromatic nitrogens is 3. The van der Waals surface area contributed by atoms with Crippen molar-refractivity contribution >= 4 is 16.7 Å². The lowest BCUT2D eigenvalue weighted by Crippen LogP contribution is -2.37. The molecule has 0 saturated carbocycles. The van der Waals surface area contributed by atoms with Crippen molar-refractivity contribution in [2.75, 3.05) is 18.1 Å². The first-order chi connectivity index (χ1) is 9.24. The summed E-state index contributed by atoms with van der Waals surface area (Å²) in [5.74, 6) is 1.49. The van der Waals surface area contributed by atoms with E-state index >= 15 is 0 Å². The molecule has 2 aromatic heterocycles. The molecule has 0 bridgehead atoms. The first kappa shape index (κ1) is 11.9. The number of hydrogen-bond acceptors (Lipinski definition) is 5. The normalized spacial score (nSPS) is 18.0. The Hall–Kier alpha value is -2.17. The zero-order chi connectivity index (χ0) is 13.4. The van der Waals surface area contributed by atoms with Crippen LogP contribution in [0.2, 0.25) is 0 Å². The minimum Gasteiger partial charge on any atom is -0.475 e. The molecular weight excluding hydrogens is 240 g/mol. The van der Waals surface area contributed by atoms with Crippen LogP contribution < -0.4 is 9.64 Å². The van der Waals surface area contributed by atoms with E-state index < -0.39 is 0 Å². The van der Waals surface area contributed by atoms with Gasteiger partial charge in [0.25, 0.3) is 0 Å². The molecule has 1 aliphatic heterocycles. The highest BCUT2D eigenvalue weighted by Crippen LogP contribution is 2.34. The molecule has 0 spiro atoms. The Morgan fingerprint density at radius 2 is 2.37 bits per heavy atom. The van der Waals surface area contributed by atoms with E-state index in [4.69, 9.17) is 4.74 Å². The molecule has 5 nitrogen and oxygen atoms in total. The SMILES string of the molecule is C=CC1COc2nc(C)cc3ncnc(c23)N1CC. The van der Waals surface area contributed by atoms with E-state index in [1.807, 2.05) is 19.1 Å². The zero-order valence-corrected chi connectivity index (χ0v) is 11.1. The van der Waals surface area contributed by atoms with E-state index in [-0.39, 0.29) is 6.04 Å². The predicted octanol–water partition coefficient (Wildman–Crippen LogP) is 2.11. The molecule has 0 radical (unpaired) electrons. The molecule has 1 atom stereocenters. The molecule has 0 aromatic carbocycles. The molecule has 0 saturated heterocycles. The smallest absolute Gasteiger partial charge is 0.227 e. The summed E-state index contributed by atoms with van der Waals surface area (Å²) in [5.41, 5.74) is 1.77. The van der Waals surface area contributed by atoms with Crippen LogP contribution in [0.4, 0.5) is 5.82 Å². The fraction of sp³-hybridized carbons (Fsp3) is 0.357. The average molecular weight is 256 g/mol. The summed E-state index contributed by atoms with van der Waals surface area (Å²) in [7, 11) is 0. The summed E-state index contributed by atoms with van der Waals surface area (Å²) in [5, 5.41) is 0.888. The predicted molar refractivity (Wildman–Crippen MR) is 74.6 cm³/mol. The molecule has 0 amide bonds. The summed E-state index contributed by atoms with van der Waals surface area (Å²) < 4.78 is 5.83. The van der Waals surface area contributed by atoms with E-state index in [1.165, 1.54) is 0 Å². The topological polar surface area (TPSA) is 51.1 Å². The number of ether oxygens (including phenoxy) is 1. The maximum Gasteiger partial charge on any atom is 0.227 e. The highest BCUT2D eigenvalue weighted by atomic mass is 16.5. The minimum absolute atomic E-state index is 0.0950. The van der Waals surface area contributed by atoms with Gasteiger partial charge in [-0.3, -0.25) is 0 Å². The van der Waals surface area contributed by atoms with Gasteiger partial charge in [0, 0.05) is 12.2 Å². The Labute approximate surface area is 112 Å². The second kappa shape index (κ2) is 4.50. The number of pyridine rings is 1. The minimum atomic E-state index is 0.0950. The second-order valence-corrected chi connectivity index (χ2v) is 4.56. The van der Waals surface area contributed by atoms with Gasteiger partial charge in [0.05, 0.1) is 11.6 Å². The monoisotopic (exact) mass is 256 g/mol. The van der Waals surface area contributed by atoms with Crippen LogP contribution in [0.1, 0.15) is 12.6 Å². The molecule has 1 unspecified atom stereocenters. The van der Waals surface area contributed by atoms with Gasteiger partial charge < -0.3 is 9.64 Å². The van der Waals surface area contributed by atoms with E-state index in [0.717, 1.165) is 29.0 Å². The Balaban J connectivity index is 2.31. The van der Waals surface area contributed by atoms with Crippen LogP contribution in [0.5, 0.6) is 5.88 Å². The molecule has 3 rings (SSSR count). The third-order valence-corrected chi connectivity index (χ3v) is 3.37. The standard InChI is InChI=1S/C14H16N4O/c1-4-10-7-19-14-12-11(6-9(3)17-14)15-8-16-13(12)18(10)5-2/h4,6,8,10H,1,5,7H2,2-3H3.